The van der Waals surface area contributed by atoms with Crippen LogP contribution in [0, 0.1) is 0 Å². The van der Waals surface area contributed by atoms with Crippen LogP contribution in [0.5, 0.6) is 0 Å². The maximum Gasteiger partial charge on any atom is 0.243 e. The third-order valence-electron chi connectivity index (χ3n) is 4.07. The van der Waals surface area contributed by atoms with E-state index in [1.165, 1.54) is 13.3 Å². The van der Waals surface area contributed by atoms with Gasteiger partial charge in [-0.15, -0.1) is 0 Å². The quantitative estimate of drug-likeness (QED) is 0.905. The molecule has 1 aromatic carbocycles. The molecule has 0 radical (unpaired) electrons. The zero-order valence-corrected chi connectivity index (χ0v) is 14.0. The molecule has 0 spiro atoms. The summed E-state index contributed by atoms with van der Waals surface area (Å²) in [5, 5.41) is 2.64. The smallest absolute Gasteiger partial charge is 0.243 e. The zero-order valence-electron chi connectivity index (χ0n) is 13.2. The highest BCUT2D eigenvalue weighted by atomic mass is 32.2. The molecule has 5 nitrogen and oxygen atoms in total. The van der Waals surface area contributed by atoms with Gasteiger partial charge < -0.3 is 5.32 Å². The Morgan fingerprint density at radius 3 is 2.27 bits per heavy atom. The van der Waals surface area contributed by atoms with E-state index in [4.69, 9.17) is 0 Å². The highest BCUT2D eigenvalue weighted by molar-refractivity contribution is 7.89. The number of carbonyl (C=O) groups is 1. The van der Waals surface area contributed by atoms with E-state index in [9.17, 15) is 13.2 Å². The average Bonchev–Trinajstić information content (AvgIpc) is 2.49. The first-order valence-electron chi connectivity index (χ1n) is 7.84. The summed E-state index contributed by atoms with van der Waals surface area (Å²) in [5.41, 5.74) is 0.604. The number of carbonyl (C=O) groups excluding carboxylic acids is 1. The third kappa shape index (κ3) is 3.87. The molecule has 0 saturated heterocycles. The molecule has 0 unspecified atom stereocenters. The predicted molar refractivity (Wildman–Crippen MR) is 87.2 cm³/mol. The van der Waals surface area contributed by atoms with E-state index >= 15 is 0 Å². The Hall–Kier alpha value is -1.40. The van der Waals surface area contributed by atoms with Gasteiger partial charge in [0.15, 0.2) is 0 Å². The molecule has 1 fully saturated rings. The molecule has 0 atom stereocenters. The minimum absolute atomic E-state index is 0.110. The van der Waals surface area contributed by atoms with Crippen LogP contribution in [0.15, 0.2) is 29.2 Å². The Bertz CT molecular complexity index is 605. The van der Waals surface area contributed by atoms with Crippen molar-refractivity contribution in [3.05, 3.63) is 24.3 Å². The van der Waals surface area contributed by atoms with E-state index in [-0.39, 0.29) is 16.8 Å². The Labute approximate surface area is 132 Å². The lowest BCUT2D eigenvalue weighted by Crippen LogP contribution is -2.41. The van der Waals surface area contributed by atoms with E-state index in [1.807, 2.05) is 6.92 Å². The molecule has 22 heavy (non-hydrogen) atoms. The van der Waals surface area contributed by atoms with Crippen molar-refractivity contribution in [3.63, 3.8) is 0 Å². The molecule has 1 aromatic rings. The summed E-state index contributed by atoms with van der Waals surface area (Å²) in [6, 6.07) is 6.49. The van der Waals surface area contributed by atoms with Crippen LogP contribution in [0.2, 0.25) is 0 Å². The topological polar surface area (TPSA) is 66.5 Å². The minimum atomic E-state index is -3.48. The van der Waals surface area contributed by atoms with Crippen molar-refractivity contribution >= 4 is 21.6 Å². The lowest BCUT2D eigenvalue weighted by Gasteiger charge is -2.32. The number of rotatable bonds is 5. The monoisotopic (exact) mass is 324 g/mol. The van der Waals surface area contributed by atoms with Gasteiger partial charge in [0.25, 0.3) is 0 Å². The fourth-order valence-corrected chi connectivity index (χ4v) is 4.74. The van der Waals surface area contributed by atoms with Crippen molar-refractivity contribution < 1.29 is 13.2 Å². The van der Waals surface area contributed by atoms with Crippen LogP contribution in [-0.2, 0) is 14.8 Å². The normalized spacial score (nSPS) is 16.7. The SMILES string of the molecule is CCN(C1CCCCC1)S(=O)(=O)c1ccc(NC(C)=O)cc1. The van der Waals surface area contributed by atoms with Crippen LogP contribution in [-0.4, -0.2) is 31.2 Å². The summed E-state index contributed by atoms with van der Waals surface area (Å²) in [6.45, 7) is 3.80. The molecule has 0 aliphatic heterocycles. The molecular formula is C16H24N2O3S. The number of sulfonamides is 1. The standard InChI is InChI=1S/C16H24N2O3S/c1-3-18(15-7-5-4-6-8-15)22(20,21)16-11-9-14(10-12-16)17-13(2)19/h9-12,15H,3-8H2,1-2H3,(H,17,19). The van der Waals surface area contributed by atoms with Gasteiger partial charge in [-0.25, -0.2) is 8.42 Å². The van der Waals surface area contributed by atoms with Crippen molar-refractivity contribution in [2.24, 2.45) is 0 Å². The Balaban J connectivity index is 2.21. The van der Waals surface area contributed by atoms with E-state index < -0.39 is 10.0 Å². The van der Waals surface area contributed by atoms with Crippen LogP contribution in [0.1, 0.15) is 46.0 Å². The summed E-state index contributed by atoms with van der Waals surface area (Å²) in [7, 11) is -3.48. The van der Waals surface area contributed by atoms with Crippen molar-refractivity contribution in [2.45, 2.75) is 56.9 Å². The van der Waals surface area contributed by atoms with Gasteiger partial charge in [-0.3, -0.25) is 4.79 Å². The molecule has 1 aliphatic carbocycles. The van der Waals surface area contributed by atoms with Crippen molar-refractivity contribution in [1.29, 1.82) is 0 Å². The second-order valence-electron chi connectivity index (χ2n) is 5.71. The predicted octanol–water partition coefficient (Wildman–Crippen LogP) is 2.99. The van der Waals surface area contributed by atoms with Crippen LogP contribution >= 0.6 is 0 Å². The van der Waals surface area contributed by atoms with Gasteiger partial charge in [0.05, 0.1) is 4.90 Å². The molecule has 1 saturated carbocycles. The first-order chi connectivity index (χ1) is 10.4. The fraction of sp³-hybridized carbons (Fsp3) is 0.562. The van der Waals surface area contributed by atoms with Gasteiger partial charge in [0.2, 0.25) is 15.9 Å². The second-order valence-corrected chi connectivity index (χ2v) is 7.60. The van der Waals surface area contributed by atoms with E-state index in [1.54, 1.807) is 28.6 Å². The summed E-state index contributed by atoms with van der Waals surface area (Å²) in [4.78, 5) is 11.3. The highest BCUT2D eigenvalue weighted by Gasteiger charge is 2.30. The first-order valence-corrected chi connectivity index (χ1v) is 9.28. The zero-order chi connectivity index (χ0) is 16.2. The minimum Gasteiger partial charge on any atom is -0.326 e. The van der Waals surface area contributed by atoms with E-state index in [0.29, 0.717) is 12.2 Å². The summed E-state index contributed by atoms with van der Waals surface area (Å²) >= 11 is 0. The van der Waals surface area contributed by atoms with E-state index in [2.05, 4.69) is 5.32 Å². The fourth-order valence-electron chi connectivity index (χ4n) is 3.04. The van der Waals surface area contributed by atoms with Crippen molar-refractivity contribution in [2.75, 3.05) is 11.9 Å². The third-order valence-corrected chi connectivity index (χ3v) is 6.12. The Morgan fingerprint density at radius 2 is 1.77 bits per heavy atom. The van der Waals surface area contributed by atoms with Gasteiger partial charge in [-0.05, 0) is 37.1 Å². The number of hydrogen-bond donors (Lipinski definition) is 1. The largest absolute Gasteiger partial charge is 0.326 e. The number of nitrogens with zero attached hydrogens (tertiary/aromatic N) is 1. The molecular weight excluding hydrogens is 300 g/mol. The molecule has 1 aliphatic rings. The summed E-state index contributed by atoms with van der Waals surface area (Å²) in [6.07, 6.45) is 5.27. The van der Waals surface area contributed by atoms with Crippen LogP contribution in [0.4, 0.5) is 5.69 Å². The molecule has 122 valence electrons. The highest BCUT2D eigenvalue weighted by Crippen LogP contribution is 2.28. The van der Waals surface area contributed by atoms with Crippen LogP contribution < -0.4 is 5.32 Å². The maximum absolute atomic E-state index is 12.8. The summed E-state index contributed by atoms with van der Waals surface area (Å²) < 4.78 is 27.3. The van der Waals surface area contributed by atoms with E-state index in [0.717, 1.165) is 25.7 Å². The van der Waals surface area contributed by atoms with Crippen LogP contribution in [0.25, 0.3) is 0 Å². The molecule has 2 rings (SSSR count). The van der Waals surface area contributed by atoms with Crippen LogP contribution in [0.3, 0.4) is 0 Å². The molecule has 1 amide bonds. The molecule has 0 heterocycles. The molecule has 0 bridgehead atoms. The number of hydrogen-bond acceptors (Lipinski definition) is 3. The van der Waals surface area contributed by atoms with Gasteiger partial charge in [-0.1, -0.05) is 26.2 Å². The average molecular weight is 324 g/mol. The van der Waals surface area contributed by atoms with Crippen molar-refractivity contribution in [1.82, 2.24) is 4.31 Å². The molecule has 6 heteroatoms. The lowest BCUT2D eigenvalue weighted by atomic mass is 9.95. The maximum atomic E-state index is 12.8. The van der Waals surface area contributed by atoms with Gasteiger partial charge >= 0.3 is 0 Å². The Kier molecular flexibility index (Phi) is 5.58. The van der Waals surface area contributed by atoms with Crippen molar-refractivity contribution in [3.8, 4) is 0 Å². The Morgan fingerprint density at radius 1 is 1.18 bits per heavy atom. The molecule has 1 N–H and O–H groups in total. The number of anilines is 1. The van der Waals surface area contributed by atoms with Gasteiger partial charge in [-0.2, -0.15) is 4.31 Å². The number of benzene rings is 1. The lowest BCUT2D eigenvalue weighted by molar-refractivity contribution is -0.114. The first kappa shape index (κ1) is 17.0. The number of amides is 1. The van der Waals surface area contributed by atoms with Gasteiger partial charge in [0, 0.05) is 25.2 Å². The second kappa shape index (κ2) is 7.24. The summed E-state index contributed by atoms with van der Waals surface area (Å²) in [5.74, 6) is -0.173. The van der Waals surface area contributed by atoms with Gasteiger partial charge in [0.1, 0.15) is 0 Å². The number of nitrogens with one attached hydrogen (secondary N) is 1. The molecule has 0 aromatic heterocycles.